The first-order valence-corrected chi connectivity index (χ1v) is 5.86. The van der Waals surface area contributed by atoms with Gasteiger partial charge in [-0.2, -0.15) is 5.10 Å². The third-order valence-electron chi connectivity index (χ3n) is 2.13. The predicted molar refractivity (Wildman–Crippen MR) is 71.8 cm³/mol. The minimum atomic E-state index is -0.705. The van der Waals surface area contributed by atoms with Crippen LogP contribution in [-0.4, -0.2) is 21.9 Å². The Morgan fingerprint density at radius 2 is 2.05 bits per heavy atom. The molecule has 1 aromatic carbocycles. The summed E-state index contributed by atoms with van der Waals surface area (Å²) in [4.78, 5) is 19.9. The summed E-state index contributed by atoms with van der Waals surface area (Å²) in [6, 6.07) is 3.30. The van der Waals surface area contributed by atoms with Gasteiger partial charge in [-0.05, 0) is 18.9 Å². The minimum Gasteiger partial charge on any atom is -0.272 e. The van der Waals surface area contributed by atoms with E-state index in [0.717, 1.165) is 12.5 Å². The first kappa shape index (κ1) is 14.8. The molecular weight excluding hydrogens is 276 g/mol. The Kier molecular flexibility index (Phi) is 5.68. The normalized spacial score (nSPS) is 10.6. The molecule has 0 fully saturated rings. The van der Waals surface area contributed by atoms with Crippen LogP contribution in [0, 0.1) is 20.2 Å². The maximum absolute atomic E-state index is 10.8. The molecule has 8 nitrogen and oxygen atoms in total. The van der Waals surface area contributed by atoms with Crippen molar-refractivity contribution in [1.29, 1.82) is 0 Å². The molecule has 0 aliphatic carbocycles. The second kappa shape index (κ2) is 7.27. The Morgan fingerprint density at radius 1 is 1.32 bits per heavy atom. The van der Waals surface area contributed by atoms with Gasteiger partial charge in [0, 0.05) is 18.2 Å². The van der Waals surface area contributed by atoms with E-state index in [1.807, 2.05) is 0 Å². The third-order valence-corrected chi connectivity index (χ3v) is 2.40. The Bertz CT molecular complexity index is 506. The quantitative estimate of drug-likeness (QED) is 0.272. The monoisotopic (exact) mass is 286 g/mol. The molecule has 1 rings (SSSR count). The van der Waals surface area contributed by atoms with Crippen molar-refractivity contribution in [2.75, 3.05) is 11.3 Å². The Balaban J connectivity index is 2.85. The van der Waals surface area contributed by atoms with Crippen molar-refractivity contribution >= 4 is 34.9 Å². The standard InChI is InChI=1S/C10H11ClN4O4/c11-5-1-2-6-12-13-9-4-3-8(14(16)17)7-10(9)15(18)19/h3-4,6-7,13H,1-2,5H2/b12-6-. The topological polar surface area (TPSA) is 111 Å². The van der Waals surface area contributed by atoms with Gasteiger partial charge in [-0.15, -0.1) is 11.6 Å². The van der Waals surface area contributed by atoms with Gasteiger partial charge in [0.25, 0.3) is 5.69 Å². The second-order valence-electron chi connectivity index (χ2n) is 3.47. The summed E-state index contributed by atoms with van der Waals surface area (Å²) in [5, 5.41) is 25.1. The van der Waals surface area contributed by atoms with Crippen LogP contribution in [0.2, 0.25) is 0 Å². The number of alkyl halides is 1. The molecule has 0 aliphatic heterocycles. The fourth-order valence-electron chi connectivity index (χ4n) is 1.23. The molecule has 0 aromatic heterocycles. The van der Waals surface area contributed by atoms with Gasteiger partial charge in [0.2, 0.25) is 0 Å². The molecular formula is C10H11ClN4O4. The van der Waals surface area contributed by atoms with Crippen molar-refractivity contribution in [3.05, 3.63) is 38.4 Å². The number of hydrogen-bond acceptors (Lipinski definition) is 6. The molecule has 1 N–H and O–H groups in total. The zero-order valence-corrected chi connectivity index (χ0v) is 10.5. The predicted octanol–water partition coefficient (Wildman–Crippen LogP) is 2.92. The van der Waals surface area contributed by atoms with Gasteiger partial charge in [-0.25, -0.2) is 0 Å². The van der Waals surface area contributed by atoms with Crippen LogP contribution in [0.15, 0.2) is 23.3 Å². The number of hydrogen-bond donors (Lipinski definition) is 1. The molecule has 19 heavy (non-hydrogen) atoms. The highest BCUT2D eigenvalue weighted by atomic mass is 35.5. The molecule has 0 unspecified atom stereocenters. The lowest BCUT2D eigenvalue weighted by atomic mass is 10.2. The highest BCUT2D eigenvalue weighted by molar-refractivity contribution is 6.17. The number of halogens is 1. The van der Waals surface area contributed by atoms with Gasteiger partial charge in [-0.1, -0.05) is 0 Å². The molecule has 0 saturated carbocycles. The zero-order valence-electron chi connectivity index (χ0n) is 9.78. The van der Waals surface area contributed by atoms with E-state index in [1.165, 1.54) is 18.3 Å². The first-order chi connectivity index (χ1) is 9.06. The summed E-state index contributed by atoms with van der Waals surface area (Å²) >= 11 is 5.48. The van der Waals surface area contributed by atoms with E-state index < -0.39 is 15.5 Å². The van der Waals surface area contributed by atoms with Crippen LogP contribution >= 0.6 is 11.6 Å². The fraction of sp³-hybridized carbons (Fsp3) is 0.300. The van der Waals surface area contributed by atoms with Crippen molar-refractivity contribution in [3.63, 3.8) is 0 Å². The van der Waals surface area contributed by atoms with E-state index in [9.17, 15) is 20.2 Å². The van der Waals surface area contributed by atoms with Crippen LogP contribution in [0.4, 0.5) is 17.1 Å². The summed E-state index contributed by atoms with van der Waals surface area (Å²) in [7, 11) is 0. The number of nitrogens with zero attached hydrogens (tertiary/aromatic N) is 3. The van der Waals surface area contributed by atoms with Crippen molar-refractivity contribution in [3.8, 4) is 0 Å². The Hall–Kier alpha value is -2.22. The number of nitrogens with one attached hydrogen (secondary N) is 1. The number of non-ortho nitro benzene ring substituents is 1. The number of rotatable bonds is 7. The van der Waals surface area contributed by atoms with E-state index in [2.05, 4.69) is 10.5 Å². The molecule has 9 heteroatoms. The SMILES string of the molecule is O=[N+]([O-])c1ccc(N/N=C\CCCCl)c([N+](=O)[O-])c1. The summed E-state index contributed by atoms with van der Waals surface area (Å²) in [5.41, 5.74) is 1.83. The van der Waals surface area contributed by atoms with E-state index >= 15 is 0 Å². The van der Waals surface area contributed by atoms with Crippen LogP contribution in [-0.2, 0) is 0 Å². The number of benzene rings is 1. The highest BCUT2D eigenvalue weighted by Crippen LogP contribution is 2.28. The number of anilines is 1. The molecule has 0 saturated heterocycles. The van der Waals surface area contributed by atoms with Crippen LogP contribution < -0.4 is 5.43 Å². The lowest BCUT2D eigenvalue weighted by molar-refractivity contribution is -0.393. The van der Waals surface area contributed by atoms with Gasteiger partial charge in [0.15, 0.2) is 0 Å². The third kappa shape index (κ3) is 4.51. The summed E-state index contributed by atoms with van der Waals surface area (Å²) < 4.78 is 0. The Morgan fingerprint density at radius 3 is 2.63 bits per heavy atom. The van der Waals surface area contributed by atoms with Crippen molar-refractivity contribution in [2.24, 2.45) is 5.10 Å². The number of nitro groups is 2. The molecule has 0 amide bonds. The van der Waals surface area contributed by atoms with Gasteiger partial charge in [-0.3, -0.25) is 25.7 Å². The molecule has 0 spiro atoms. The smallest absolute Gasteiger partial charge is 0.272 e. The Labute approximate surface area is 113 Å². The van der Waals surface area contributed by atoms with Crippen molar-refractivity contribution in [1.82, 2.24) is 0 Å². The van der Waals surface area contributed by atoms with Crippen molar-refractivity contribution < 1.29 is 9.85 Å². The molecule has 0 aliphatic rings. The lowest BCUT2D eigenvalue weighted by Crippen LogP contribution is -1.98. The van der Waals surface area contributed by atoms with Gasteiger partial charge < -0.3 is 0 Å². The average molecular weight is 287 g/mol. The van der Waals surface area contributed by atoms with Crippen LogP contribution in [0.25, 0.3) is 0 Å². The van der Waals surface area contributed by atoms with Gasteiger partial charge in [0.05, 0.1) is 15.9 Å². The molecule has 0 radical (unpaired) electrons. The molecule has 1 aromatic rings. The molecule has 0 atom stereocenters. The van der Waals surface area contributed by atoms with E-state index in [1.54, 1.807) is 0 Å². The summed E-state index contributed by atoms with van der Waals surface area (Å²) in [5.74, 6) is 0.504. The van der Waals surface area contributed by atoms with Crippen molar-refractivity contribution in [2.45, 2.75) is 12.8 Å². The van der Waals surface area contributed by atoms with Gasteiger partial charge >= 0.3 is 5.69 Å². The summed E-state index contributed by atoms with van der Waals surface area (Å²) in [6.07, 6.45) is 2.92. The minimum absolute atomic E-state index is 0.0951. The van der Waals surface area contributed by atoms with Crippen LogP contribution in [0.3, 0.4) is 0 Å². The number of nitro benzene ring substituents is 2. The second-order valence-corrected chi connectivity index (χ2v) is 3.85. The van der Waals surface area contributed by atoms with Gasteiger partial charge in [0.1, 0.15) is 5.69 Å². The first-order valence-electron chi connectivity index (χ1n) is 5.32. The van der Waals surface area contributed by atoms with E-state index in [0.29, 0.717) is 12.3 Å². The highest BCUT2D eigenvalue weighted by Gasteiger charge is 2.18. The maximum atomic E-state index is 10.8. The van der Waals surface area contributed by atoms with Crippen LogP contribution in [0.5, 0.6) is 0 Å². The lowest BCUT2D eigenvalue weighted by Gasteiger charge is -2.01. The van der Waals surface area contributed by atoms with E-state index in [4.69, 9.17) is 11.6 Å². The molecule has 102 valence electrons. The fourth-order valence-corrected chi connectivity index (χ4v) is 1.38. The summed E-state index contributed by atoms with van der Waals surface area (Å²) in [6.45, 7) is 0. The maximum Gasteiger partial charge on any atom is 0.301 e. The molecule has 0 heterocycles. The van der Waals surface area contributed by atoms with E-state index in [-0.39, 0.29) is 11.4 Å². The molecule has 0 bridgehead atoms. The average Bonchev–Trinajstić information content (AvgIpc) is 2.38. The van der Waals surface area contributed by atoms with Crippen LogP contribution in [0.1, 0.15) is 12.8 Å². The largest absolute Gasteiger partial charge is 0.301 e. The number of unbranched alkanes of at least 4 members (excludes halogenated alkanes) is 1. The zero-order chi connectivity index (χ0) is 14.3. The number of hydrazone groups is 1.